The van der Waals surface area contributed by atoms with Gasteiger partial charge in [-0.3, -0.25) is 10.2 Å². The summed E-state index contributed by atoms with van der Waals surface area (Å²) in [5, 5.41) is 0. The lowest BCUT2D eigenvalue weighted by atomic mass is 10.1. The molecule has 0 aromatic rings. The fourth-order valence-corrected chi connectivity index (χ4v) is 0.588. The average Bonchev–Trinajstić information content (AvgIpc) is 1.62. The molecule has 0 aliphatic carbocycles. The van der Waals surface area contributed by atoms with Crippen molar-refractivity contribution >= 4 is 18.5 Å². The third-order valence-electron chi connectivity index (χ3n) is 0.754. The van der Waals surface area contributed by atoms with Crippen molar-refractivity contribution in [3.05, 3.63) is 0 Å². The van der Waals surface area contributed by atoms with Gasteiger partial charge in [-0.05, 0) is 0 Å². The number of amides is 1. The maximum Gasteiger partial charge on any atom is 0.235 e. The molecule has 9 heavy (non-hydrogen) atoms. The van der Waals surface area contributed by atoms with Gasteiger partial charge in [0.1, 0.15) is 0 Å². The fourth-order valence-electron chi connectivity index (χ4n) is 0.444. The number of hydrogen-bond acceptors (Lipinski definition) is 3. The van der Waals surface area contributed by atoms with E-state index in [1.54, 1.807) is 0 Å². The van der Waals surface area contributed by atoms with E-state index in [0.717, 1.165) is 0 Å². The monoisotopic (exact) mass is 148 g/mol. The van der Waals surface area contributed by atoms with E-state index >= 15 is 0 Å². The van der Waals surface area contributed by atoms with Gasteiger partial charge in [-0.1, -0.05) is 13.8 Å². The fraction of sp³-hybridized carbons (Fsp3) is 0.800. The molecule has 4 heteroatoms. The Kier molecular flexibility index (Phi) is 3.00. The Bertz CT molecular complexity index is 108. The van der Waals surface area contributed by atoms with Gasteiger partial charge >= 0.3 is 0 Å². The molecular weight excluding hydrogens is 136 g/mol. The molecule has 0 spiro atoms. The Labute approximate surface area is 60.4 Å². The Morgan fingerprint density at radius 2 is 2.22 bits per heavy atom. The van der Waals surface area contributed by atoms with E-state index in [-0.39, 0.29) is 10.7 Å². The molecule has 0 aliphatic rings. The number of carbonyl (C=O) groups excluding carboxylic acids is 1. The second-order valence-electron chi connectivity index (χ2n) is 2.56. The molecule has 0 atom stereocenters. The van der Waals surface area contributed by atoms with Gasteiger partial charge in [-0.15, -0.1) is 0 Å². The quantitative estimate of drug-likeness (QED) is 0.225. The third-order valence-corrected chi connectivity index (χ3v) is 0.912. The first-order valence-electron chi connectivity index (χ1n) is 2.67. The third kappa shape index (κ3) is 5.65. The van der Waals surface area contributed by atoms with Crippen molar-refractivity contribution in [3.8, 4) is 0 Å². The van der Waals surface area contributed by atoms with Crippen molar-refractivity contribution < 1.29 is 4.79 Å². The number of hydrazine groups is 1. The van der Waals surface area contributed by atoms with Crippen LogP contribution in [0, 0.1) is 0 Å². The van der Waals surface area contributed by atoms with Gasteiger partial charge in [0.2, 0.25) is 5.91 Å². The summed E-state index contributed by atoms with van der Waals surface area (Å²) in [6.07, 6.45) is 0.340. The van der Waals surface area contributed by atoms with Crippen LogP contribution in [-0.4, -0.2) is 10.7 Å². The summed E-state index contributed by atoms with van der Waals surface area (Å²) in [6.45, 7) is 3.71. The van der Waals surface area contributed by atoms with Crippen molar-refractivity contribution in [3.63, 3.8) is 0 Å². The standard InChI is InChI=1S/C5H12N2OS/c1-5(2,9)3-4(8)7-6/h9H,3,6H2,1-2H3,(H,7,8). The van der Waals surface area contributed by atoms with Crippen LogP contribution in [0.4, 0.5) is 0 Å². The summed E-state index contributed by atoms with van der Waals surface area (Å²) in [5.41, 5.74) is 2.03. The summed E-state index contributed by atoms with van der Waals surface area (Å²) >= 11 is 4.13. The largest absolute Gasteiger partial charge is 0.294 e. The molecule has 3 nitrogen and oxygen atoms in total. The Morgan fingerprint density at radius 3 is 2.33 bits per heavy atom. The van der Waals surface area contributed by atoms with Crippen LogP contribution in [0.1, 0.15) is 20.3 Å². The highest BCUT2D eigenvalue weighted by Gasteiger charge is 2.15. The second kappa shape index (κ2) is 3.08. The lowest BCUT2D eigenvalue weighted by Gasteiger charge is -2.14. The number of thiol groups is 1. The van der Waals surface area contributed by atoms with Crippen LogP contribution in [0.5, 0.6) is 0 Å². The molecule has 0 fully saturated rings. The minimum atomic E-state index is -0.274. The summed E-state index contributed by atoms with van der Waals surface area (Å²) in [7, 11) is 0. The minimum Gasteiger partial charge on any atom is -0.294 e. The Balaban J connectivity index is 3.60. The average molecular weight is 148 g/mol. The van der Waals surface area contributed by atoms with Gasteiger partial charge < -0.3 is 0 Å². The molecule has 0 saturated heterocycles. The van der Waals surface area contributed by atoms with E-state index in [1.807, 2.05) is 19.3 Å². The molecule has 3 N–H and O–H groups in total. The van der Waals surface area contributed by atoms with Gasteiger partial charge in [0.15, 0.2) is 0 Å². The first kappa shape index (κ1) is 8.78. The van der Waals surface area contributed by atoms with Crippen LogP contribution in [0.3, 0.4) is 0 Å². The second-order valence-corrected chi connectivity index (χ2v) is 3.77. The summed E-state index contributed by atoms with van der Waals surface area (Å²) < 4.78 is -0.274. The highest BCUT2D eigenvalue weighted by Crippen LogP contribution is 2.15. The molecule has 1 amide bonds. The minimum absolute atomic E-state index is 0.185. The van der Waals surface area contributed by atoms with Gasteiger partial charge in [0.05, 0.1) is 0 Å². The number of carbonyl (C=O) groups is 1. The number of hydrogen-bond donors (Lipinski definition) is 3. The maximum atomic E-state index is 10.5. The lowest BCUT2D eigenvalue weighted by Crippen LogP contribution is -2.34. The lowest BCUT2D eigenvalue weighted by molar-refractivity contribution is -0.121. The van der Waals surface area contributed by atoms with Crippen molar-refractivity contribution in [1.82, 2.24) is 5.43 Å². The van der Waals surface area contributed by atoms with E-state index in [9.17, 15) is 4.79 Å². The zero-order valence-electron chi connectivity index (χ0n) is 5.64. The predicted molar refractivity (Wildman–Crippen MR) is 40.0 cm³/mol. The van der Waals surface area contributed by atoms with E-state index in [2.05, 4.69) is 12.6 Å². The van der Waals surface area contributed by atoms with E-state index in [0.29, 0.717) is 6.42 Å². The zero-order valence-corrected chi connectivity index (χ0v) is 6.53. The summed E-state index contributed by atoms with van der Waals surface area (Å²) in [5.74, 6) is 4.66. The normalized spacial score (nSPS) is 11.1. The molecule has 0 saturated carbocycles. The highest BCUT2D eigenvalue weighted by atomic mass is 32.1. The van der Waals surface area contributed by atoms with Crippen LogP contribution in [0.25, 0.3) is 0 Å². The molecule has 0 heterocycles. The molecule has 0 aromatic carbocycles. The van der Waals surface area contributed by atoms with E-state index in [4.69, 9.17) is 5.84 Å². The zero-order chi connectivity index (χ0) is 7.49. The SMILES string of the molecule is CC(C)(S)CC(=O)NN. The van der Waals surface area contributed by atoms with Crippen molar-refractivity contribution in [2.24, 2.45) is 5.84 Å². The Hall–Kier alpha value is -0.220. The van der Waals surface area contributed by atoms with Crippen molar-refractivity contribution in [1.29, 1.82) is 0 Å². The number of nitrogens with one attached hydrogen (secondary N) is 1. The van der Waals surface area contributed by atoms with Gasteiger partial charge in [-0.2, -0.15) is 12.6 Å². The first-order chi connectivity index (χ1) is 3.95. The first-order valence-corrected chi connectivity index (χ1v) is 3.12. The van der Waals surface area contributed by atoms with E-state index in [1.165, 1.54) is 0 Å². The van der Waals surface area contributed by atoms with Crippen LogP contribution in [0.2, 0.25) is 0 Å². The van der Waals surface area contributed by atoms with Gasteiger partial charge in [0, 0.05) is 11.2 Å². The summed E-state index contributed by atoms with van der Waals surface area (Å²) in [6, 6.07) is 0. The topological polar surface area (TPSA) is 55.1 Å². The van der Waals surface area contributed by atoms with Crippen molar-refractivity contribution in [2.45, 2.75) is 25.0 Å². The van der Waals surface area contributed by atoms with Gasteiger partial charge in [0.25, 0.3) is 0 Å². The Morgan fingerprint density at radius 1 is 1.78 bits per heavy atom. The van der Waals surface area contributed by atoms with Crippen LogP contribution < -0.4 is 11.3 Å². The molecule has 0 aromatic heterocycles. The molecular formula is C5H12N2OS. The molecule has 0 radical (unpaired) electrons. The molecule has 0 rings (SSSR count). The van der Waals surface area contributed by atoms with Crippen LogP contribution in [0.15, 0.2) is 0 Å². The van der Waals surface area contributed by atoms with Crippen molar-refractivity contribution in [2.75, 3.05) is 0 Å². The summed E-state index contributed by atoms with van der Waals surface area (Å²) in [4.78, 5) is 10.5. The van der Waals surface area contributed by atoms with Gasteiger partial charge in [-0.25, -0.2) is 5.84 Å². The van der Waals surface area contributed by atoms with Crippen LogP contribution >= 0.6 is 12.6 Å². The number of rotatable bonds is 2. The van der Waals surface area contributed by atoms with Crippen LogP contribution in [-0.2, 0) is 4.79 Å². The van der Waals surface area contributed by atoms with E-state index < -0.39 is 0 Å². The number of nitrogens with two attached hydrogens (primary N) is 1. The smallest absolute Gasteiger partial charge is 0.235 e. The molecule has 0 unspecified atom stereocenters. The predicted octanol–water partition coefficient (Wildman–Crippen LogP) is 0.0748. The maximum absolute atomic E-state index is 10.5. The molecule has 0 bridgehead atoms. The molecule has 0 aliphatic heterocycles. The molecule has 54 valence electrons. The highest BCUT2D eigenvalue weighted by molar-refractivity contribution is 7.81.